The molecule has 0 aromatic heterocycles. The summed E-state index contributed by atoms with van der Waals surface area (Å²) in [6, 6.07) is -0.550. The topological polar surface area (TPSA) is 58.6 Å². The van der Waals surface area contributed by atoms with Gasteiger partial charge in [0.1, 0.15) is 6.04 Å². The number of rotatable bonds is 6. The molecule has 0 amide bonds. The van der Waals surface area contributed by atoms with Crippen molar-refractivity contribution >= 4 is 5.97 Å². The third kappa shape index (κ3) is 3.32. The molecule has 0 aliphatic heterocycles. The largest absolute Gasteiger partial charge is 0.480 e. The van der Waals surface area contributed by atoms with Crippen LogP contribution >= 0.6 is 0 Å². The second-order valence-electron chi connectivity index (χ2n) is 3.33. The molecule has 0 bridgehead atoms. The maximum atomic E-state index is 10.7. The summed E-state index contributed by atoms with van der Waals surface area (Å²) < 4.78 is 5.41. The van der Waals surface area contributed by atoms with Crippen molar-refractivity contribution in [3.05, 3.63) is 0 Å². The zero-order valence-electron chi connectivity index (χ0n) is 7.95. The number of carboxylic acid groups (broad SMARTS) is 1. The van der Waals surface area contributed by atoms with Crippen molar-refractivity contribution in [2.75, 3.05) is 13.2 Å². The lowest BCUT2D eigenvalue weighted by atomic mass is 9.96. The number of nitrogens with one attached hydrogen (secondary N) is 1. The molecule has 1 saturated carbocycles. The highest BCUT2D eigenvalue weighted by atomic mass is 16.5. The second-order valence-corrected chi connectivity index (χ2v) is 3.33. The zero-order chi connectivity index (χ0) is 9.68. The molecule has 1 rings (SSSR count). The van der Waals surface area contributed by atoms with E-state index in [4.69, 9.17) is 9.84 Å². The molecule has 0 aromatic rings. The third-order valence-corrected chi connectivity index (χ3v) is 2.30. The van der Waals surface area contributed by atoms with Crippen molar-refractivity contribution in [2.24, 2.45) is 0 Å². The summed E-state index contributed by atoms with van der Waals surface area (Å²) in [4.78, 5) is 10.7. The molecule has 76 valence electrons. The Labute approximate surface area is 78.3 Å². The molecule has 2 N–H and O–H groups in total. The standard InChI is InChI=1S/C9H17NO3/c1-2-10-8(9(11)12)6-13-7-4-3-5-7/h7-8,10H,2-6H2,1H3,(H,11,12). The lowest BCUT2D eigenvalue weighted by molar-refractivity contribution is -0.142. The van der Waals surface area contributed by atoms with Gasteiger partial charge in [0.2, 0.25) is 0 Å². The predicted octanol–water partition coefficient (Wildman–Crippen LogP) is 0.618. The van der Waals surface area contributed by atoms with Crippen LogP contribution in [0.1, 0.15) is 26.2 Å². The van der Waals surface area contributed by atoms with E-state index in [1.165, 1.54) is 6.42 Å². The van der Waals surface area contributed by atoms with Crippen LogP contribution in [-0.2, 0) is 9.53 Å². The number of ether oxygens (including phenoxy) is 1. The molecule has 1 aliphatic carbocycles. The minimum atomic E-state index is -0.832. The smallest absolute Gasteiger partial charge is 0.323 e. The van der Waals surface area contributed by atoms with E-state index in [1.807, 2.05) is 6.92 Å². The van der Waals surface area contributed by atoms with Gasteiger partial charge in [-0.05, 0) is 25.8 Å². The van der Waals surface area contributed by atoms with Gasteiger partial charge in [-0.2, -0.15) is 0 Å². The summed E-state index contributed by atoms with van der Waals surface area (Å²) in [5.74, 6) is -0.832. The molecule has 13 heavy (non-hydrogen) atoms. The number of likely N-dealkylation sites (N-methyl/N-ethyl adjacent to an activating group) is 1. The van der Waals surface area contributed by atoms with Crippen molar-refractivity contribution in [1.82, 2.24) is 5.32 Å². The molecule has 1 unspecified atom stereocenters. The molecule has 4 nitrogen and oxygen atoms in total. The van der Waals surface area contributed by atoms with Crippen LogP contribution in [0.2, 0.25) is 0 Å². The summed E-state index contributed by atoms with van der Waals surface area (Å²) >= 11 is 0. The minimum absolute atomic E-state index is 0.286. The molecule has 4 heteroatoms. The number of hydrogen-bond acceptors (Lipinski definition) is 3. The lowest BCUT2D eigenvalue weighted by Crippen LogP contribution is -2.42. The van der Waals surface area contributed by atoms with Gasteiger partial charge in [0, 0.05) is 0 Å². The zero-order valence-corrected chi connectivity index (χ0v) is 7.95. The summed E-state index contributed by atoms with van der Waals surface area (Å²) in [7, 11) is 0. The van der Waals surface area contributed by atoms with Crippen LogP contribution in [0, 0.1) is 0 Å². The maximum Gasteiger partial charge on any atom is 0.323 e. The maximum absolute atomic E-state index is 10.7. The number of hydrogen-bond donors (Lipinski definition) is 2. The molecule has 0 aromatic carbocycles. The minimum Gasteiger partial charge on any atom is -0.480 e. The quantitative estimate of drug-likeness (QED) is 0.640. The van der Waals surface area contributed by atoms with Crippen molar-refractivity contribution < 1.29 is 14.6 Å². The fraction of sp³-hybridized carbons (Fsp3) is 0.889. The Balaban J connectivity index is 2.16. The molecular weight excluding hydrogens is 170 g/mol. The van der Waals surface area contributed by atoms with Crippen LogP contribution in [-0.4, -0.2) is 36.4 Å². The van der Waals surface area contributed by atoms with E-state index >= 15 is 0 Å². The lowest BCUT2D eigenvalue weighted by Gasteiger charge is -2.27. The van der Waals surface area contributed by atoms with Gasteiger partial charge in [0.05, 0.1) is 12.7 Å². The Bertz CT molecular complexity index is 168. The van der Waals surface area contributed by atoms with Crippen molar-refractivity contribution in [3.63, 3.8) is 0 Å². The molecule has 1 aliphatic rings. The van der Waals surface area contributed by atoms with Gasteiger partial charge < -0.3 is 15.2 Å². The van der Waals surface area contributed by atoms with Crippen LogP contribution in [0.3, 0.4) is 0 Å². The van der Waals surface area contributed by atoms with Crippen LogP contribution in [0.15, 0.2) is 0 Å². The summed E-state index contributed by atoms with van der Waals surface area (Å²) in [5.41, 5.74) is 0. The first-order valence-electron chi connectivity index (χ1n) is 4.81. The predicted molar refractivity (Wildman–Crippen MR) is 48.7 cm³/mol. The Kier molecular flexibility index (Phi) is 4.18. The van der Waals surface area contributed by atoms with Gasteiger partial charge in [-0.25, -0.2) is 0 Å². The molecule has 0 saturated heterocycles. The summed E-state index contributed by atoms with van der Waals surface area (Å²) in [6.07, 6.45) is 3.68. The van der Waals surface area contributed by atoms with E-state index in [9.17, 15) is 4.79 Å². The van der Waals surface area contributed by atoms with Crippen LogP contribution < -0.4 is 5.32 Å². The highest BCUT2D eigenvalue weighted by Crippen LogP contribution is 2.21. The van der Waals surface area contributed by atoms with E-state index in [0.717, 1.165) is 12.8 Å². The van der Waals surface area contributed by atoms with Crippen molar-refractivity contribution in [1.29, 1.82) is 0 Å². The monoisotopic (exact) mass is 187 g/mol. The van der Waals surface area contributed by atoms with E-state index in [0.29, 0.717) is 12.6 Å². The van der Waals surface area contributed by atoms with E-state index in [-0.39, 0.29) is 6.61 Å². The van der Waals surface area contributed by atoms with Gasteiger partial charge in [-0.15, -0.1) is 0 Å². The van der Waals surface area contributed by atoms with Crippen molar-refractivity contribution in [3.8, 4) is 0 Å². The van der Waals surface area contributed by atoms with Crippen molar-refractivity contribution in [2.45, 2.75) is 38.3 Å². The summed E-state index contributed by atoms with van der Waals surface area (Å²) in [5, 5.41) is 11.6. The van der Waals surface area contributed by atoms with Gasteiger partial charge in [0.25, 0.3) is 0 Å². The molecule has 1 fully saturated rings. The molecule has 1 atom stereocenters. The Morgan fingerprint density at radius 3 is 2.77 bits per heavy atom. The molecule has 0 radical (unpaired) electrons. The Morgan fingerprint density at radius 2 is 2.38 bits per heavy atom. The Morgan fingerprint density at radius 1 is 1.69 bits per heavy atom. The highest BCUT2D eigenvalue weighted by Gasteiger charge is 2.22. The average molecular weight is 187 g/mol. The second kappa shape index (κ2) is 5.19. The van der Waals surface area contributed by atoms with Gasteiger partial charge >= 0.3 is 5.97 Å². The molecular formula is C9H17NO3. The fourth-order valence-corrected chi connectivity index (χ4v) is 1.23. The third-order valence-electron chi connectivity index (χ3n) is 2.30. The Hall–Kier alpha value is -0.610. The highest BCUT2D eigenvalue weighted by molar-refractivity contribution is 5.73. The van der Waals surface area contributed by atoms with E-state index < -0.39 is 12.0 Å². The van der Waals surface area contributed by atoms with E-state index in [1.54, 1.807) is 0 Å². The van der Waals surface area contributed by atoms with Crippen LogP contribution in [0.4, 0.5) is 0 Å². The average Bonchev–Trinajstić information content (AvgIpc) is 1.99. The van der Waals surface area contributed by atoms with E-state index in [2.05, 4.69) is 5.32 Å². The normalized spacial score (nSPS) is 19.5. The van der Waals surface area contributed by atoms with Gasteiger partial charge in [-0.3, -0.25) is 4.79 Å². The first-order valence-corrected chi connectivity index (χ1v) is 4.81. The molecule has 0 spiro atoms. The van der Waals surface area contributed by atoms with Gasteiger partial charge in [0.15, 0.2) is 0 Å². The first kappa shape index (κ1) is 10.5. The SMILES string of the molecule is CCNC(COC1CCC1)C(=O)O. The number of carbonyl (C=O) groups is 1. The number of carboxylic acids is 1. The van der Waals surface area contributed by atoms with Gasteiger partial charge in [-0.1, -0.05) is 6.92 Å². The fourth-order valence-electron chi connectivity index (χ4n) is 1.23. The summed E-state index contributed by atoms with van der Waals surface area (Å²) in [6.45, 7) is 2.83. The van der Waals surface area contributed by atoms with Crippen LogP contribution in [0.25, 0.3) is 0 Å². The first-order chi connectivity index (χ1) is 6.24. The van der Waals surface area contributed by atoms with Crippen LogP contribution in [0.5, 0.6) is 0 Å². The number of aliphatic carboxylic acids is 1. The molecule has 0 heterocycles.